The van der Waals surface area contributed by atoms with E-state index in [-0.39, 0.29) is 18.5 Å². The summed E-state index contributed by atoms with van der Waals surface area (Å²) in [6.07, 6.45) is 6.47. The van der Waals surface area contributed by atoms with Crippen LogP contribution in [0.3, 0.4) is 0 Å². The molecule has 2 aromatic carbocycles. The van der Waals surface area contributed by atoms with Gasteiger partial charge in [-0.3, -0.25) is 9.83 Å². The van der Waals surface area contributed by atoms with Gasteiger partial charge in [0.1, 0.15) is 23.7 Å². The molecule has 1 saturated heterocycles. The van der Waals surface area contributed by atoms with Gasteiger partial charge in [0.25, 0.3) is 0 Å². The number of hydrogen-bond donors (Lipinski definition) is 1. The highest BCUT2D eigenvalue weighted by Gasteiger charge is 2.41. The average Bonchev–Trinajstić information content (AvgIpc) is 3.43. The SMILES string of the molecule is COc1cc(/C=C2/CCON3C2=NC(CO)C3c2ccc(F)cc2)ccc1-n1cnc(C)c1. The molecule has 1 N–H and O–H groups in total. The van der Waals surface area contributed by atoms with E-state index in [9.17, 15) is 9.50 Å². The van der Waals surface area contributed by atoms with E-state index in [0.29, 0.717) is 18.9 Å². The third-order valence-electron chi connectivity index (χ3n) is 5.94. The van der Waals surface area contributed by atoms with Crippen molar-refractivity contribution < 1.29 is 19.1 Å². The molecule has 3 aromatic rings. The maximum absolute atomic E-state index is 13.4. The van der Waals surface area contributed by atoms with Crippen LogP contribution in [0.25, 0.3) is 11.8 Å². The van der Waals surface area contributed by atoms with Crippen LogP contribution in [0.1, 0.15) is 29.3 Å². The number of halogens is 1. The van der Waals surface area contributed by atoms with Gasteiger partial charge in [-0.25, -0.2) is 14.4 Å². The number of imidazole rings is 1. The summed E-state index contributed by atoms with van der Waals surface area (Å²) in [5.41, 5.74) is 4.66. The topological polar surface area (TPSA) is 72.1 Å². The van der Waals surface area contributed by atoms with Crippen LogP contribution < -0.4 is 4.74 Å². The highest BCUT2D eigenvalue weighted by molar-refractivity contribution is 6.03. The van der Waals surface area contributed by atoms with Crippen molar-refractivity contribution in [1.82, 2.24) is 14.6 Å². The smallest absolute Gasteiger partial charge is 0.152 e. The van der Waals surface area contributed by atoms with Crippen LogP contribution in [0.15, 0.2) is 65.6 Å². The molecule has 1 fully saturated rings. The number of ether oxygens (including phenoxy) is 1. The molecule has 2 atom stereocenters. The Labute approximate surface area is 191 Å². The first-order valence-corrected chi connectivity index (χ1v) is 10.8. The van der Waals surface area contributed by atoms with Gasteiger partial charge in [-0.05, 0) is 54.0 Å². The van der Waals surface area contributed by atoms with E-state index in [1.165, 1.54) is 12.1 Å². The van der Waals surface area contributed by atoms with Gasteiger partial charge >= 0.3 is 0 Å². The van der Waals surface area contributed by atoms with Crippen LogP contribution in [0, 0.1) is 12.7 Å². The zero-order valence-electron chi connectivity index (χ0n) is 18.5. The number of methoxy groups -OCH3 is 1. The molecule has 3 heterocycles. The third kappa shape index (κ3) is 4.03. The second-order valence-electron chi connectivity index (χ2n) is 8.13. The van der Waals surface area contributed by atoms with Crippen LogP contribution in [-0.4, -0.2) is 51.9 Å². The van der Waals surface area contributed by atoms with Gasteiger partial charge in [-0.2, -0.15) is 0 Å². The van der Waals surface area contributed by atoms with Gasteiger partial charge in [0, 0.05) is 12.6 Å². The summed E-state index contributed by atoms with van der Waals surface area (Å²) in [4.78, 5) is 15.0. The number of aryl methyl sites for hydroxylation is 1. The zero-order chi connectivity index (χ0) is 22.9. The zero-order valence-corrected chi connectivity index (χ0v) is 18.5. The molecular formula is C25H25FN4O3. The fourth-order valence-electron chi connectivity index (χ4n) is 4.35. The number of aliphatic imine (C=N–C) groups is 1. The first-order valence-electron chi connectivity index (χ1n) is 10.8. The summed E-state index contributed by atoms with van der Waals surface area (Å²) >= 11 is 0. The highest BCUT2D eigenvalue weighted by atomic mass is 19.1. The van der Waals surface area contributed by atoms with E-state index in [1.54, 1.807) is 30.6 Å². The molecule has 0 bridgehead atoms. The Bertz CT molecular complexity index is 1220. The van der Waals surface area contributed by atoms with Crippen molar-refractivity contribution in [2.24, 2.45) is 4.99 Å². The predicted octanol–water partition coefficient (Wildman–Crippen LogP) is 3.86. The molecule has 2 aliphatic rings. The number of aliphatic hydroxyl groups is 1. The predicted molar refractivity (Wildman–Crippen MR) is 123 cm³/mol. The lowest BCUT2D eigenvalue weighted by atomic mass is 10.00. The molecule has 33 heavy (non-hydrogen) atoms. The number of aromatic nitrogens is 2. The number of rotatable bonds is 5. The Morgan fingerprint density at radius 1 is 1.24 bits per heavy atom. The summed E-state index contributed by atoms with van der Waals surface area (Å²) in [6.45, 7) is 2.30. The van der Waals surface area contributed by atoms with Crippen LogP contribution >= 0.6 is 0 Å². The minimum Gasteiger partial charge on any atom is -0.495 e. The van der Waals surface area contributed by atoms with Crippen molar-refractivity contribution in [2.45, 2.75) is 25.4 Å². The van der Waals surface area contributed by atoms with Crippen LogP contribution in [0.5, 0.6) is 5.75 Å². The van der Waals surface area contributed by atoms with Gasteiger partial charge in [0.2, 0.25) is 0 Å². The molecule has 1 aromatic heterocycles. The van der Waals surface area contributed by atoms with E-state index < -0.39 is 6.04 Å². The molecular weight excluding hydrogens is 423 g/mol. The Morgan fingerprint density at radius 2 is 2.06 bits per heavy atom. The molecule has 2 unspecified atom stereocenters. The molecule has 0 aliphatic carbocycles. The summed E-state index contributed by atoms with van der Waals surface area (Å²) in [6, 6.07) is 11.6. The molecule has 0 radical (unpaired) electrons. The number of aliphatic hydroxyl groups excluding tert-OH is 1. The molecule has 7 nitrogen and oxygen atoms in total. The lowest BCUT2D eigenvalue weighted by molar-refractivity contribution is -0.133. The lowest BCUT2D eigenvalue weighted by Gasteiger charge is -2.33. The monoisotopic (exact) mass is 448 g/mol. The fraction of sp³-hybridized carbons (Fsp3) is 0.280. The standard InChI is InChI=1S/C25H25FN4O3/c1-16-13-29(15-27-16)22-8-3-17(12-23(22)32-2)11-19-9-10-33-30-24(21(14-31)28-25(19)30)18-4-6-20(26)7-5-18/h3-8,11-13,15,21,24,31H,9-10,14H2,1-2H3/b19-11-. The van der Waals surface area contributed by atoms with Gasteiger partial charge < -0.3 is 14.4 Å². The van der Waals surface area contributed by atoms with Crippen molar-refractivity contribution in [3.8, 4) is 11.4 Å². The summed E-state index contributed by atoms with van der Waals surface area (Å²) in [7, 11) is 1.65. The molecule has 8 heteroatoms. The molecule has 170 valence electrons. The van der Waals surface area contributed by atoms with E-state index >= 15 is 0 Å². The molecule has 5 rings (SSSR count). The van der Waals surface area contributed by atoms with Gasteiger partial charge in [0.05, 0.1) is 38.0 Å². The van der Waals surface area contributed by atoms with Gasteiger partial charge in [0.15, 0.2) is 5.84 Å². The molecule has 0 saturated carbocycles. The quantitative estimate of drug-likeness (QED) is 0.642. The Morgan fingerprint density at radius 3 is 2.76 bits per heavy atom. The number of fused-ring (bicyclic) bond motifs is 1. The van der Waals surface area contributed by atoms with Crippen LogP contribution in [-0.2, 0) is 4.84 Å². The van der Waals surface area contributed by atoms with Crippen molar-refractivity contribution in [3.05, 3.63) is 83.2 Å². The van der Waals surface area contributed by atoms with Crippen molar-refractivity contribution >= 4 is 11.9 Å². The molecule has 0 spiro atoms. The minimum absolute atomic E-state index is 0.133. The van der Waals surface area contributed by atoms with Gasteiger partial charge in [-0.15, -0.1) is 0 Å². The second-order valence-corrected chi connectivity index (χ2v) is 8.13. The Hall–Kier alpha value is -3.49. The minimum atomic E-state index is -0.395. The average molecular weight is 448 g/mol. The summed E-state index contributed by atoms with van der Waals surface area (Å²) < 4.78 is 21.0. The fourth-order valence-corrected chi connectivity index (χ4v) is 4.35. The van der Waals surface area contributed by atoms with Crippen LogP contribution in [0.4, 0.5) is 4.39 Å². The van der Waals surface area contributed by atoms with Crippen LogP contribution in [0.2, 0.25) is 0 Å². The van der Waals surface area contributed by atoms with E-state index in [4.69, 9.17) is 14.6 Å². The Balaban J connectivity index is 1.47. The maximum Gasteiger partial charge on any atom is 0.152 e. The van der Waals surface area contributed by atoms with E-state index in [0.717, 1.165) is 33.8 Å². The third-order valence-corrected chi connectivity index (χ3v) is 5.94. The highest BCUT2D eigenvalue weighted by Crippen LogP contribution is 2.38. The number of amidine groups is 1. The second kappa shape index (κ2) is 8.80. The number of benzene rings is 2. The van der Waals surface area contributed by atoms with E-state index in [2.05, 4.69) is 11.1 Å². The van der Waals surface area contributed by atoms with Crippen molar-refractivity contribution in [2.75, 3.05) is 20.3 Å². The largest absolute Gasteiger partial charge is 0.495 e. The van der Waals surface area contributed by atoms with Crippen molar-refractivity contribution in [3.63, 3.8) is 0 Å². The summed E-state index contributed by atoms with van der Waals surface area (Å²) in [5.74, 6) is 1.13. The lowest BCUT2D eigenvalue weighted by Crippen LogP contribution is -2.38. The molecule has 2 aliphatic heterocycles. The molecule has 0 amide bonds. The van der Waals surface area contributed by atoms with Gasteiger partial charge in [-0.1, -0.05) is 18.2 Å². The number of hydroxylamine groups is 2. The normalized spacial score (nSPS) is 21.3. The number of hydrogen-bond acceptors (Lipinski definition) is 6. The maximum atomic E-state index is 13.4. The number of nitrogens with zero attached hydrogens (tertiary/aromatic N) is 4. The van der Waals surface area contributed by atoms with Crippen molar-refractivity contribution in [1.29, 1.82) is 0 Å². The first kappa shape index (κ1) is 21.4. The Kier molecular flexibility index (Phi) is 5.70. The van der Waals surface area contributed by atoms with E-state index in [1.807, 2.05) is 35.9 Å². The first-order chi connectivity index (χ1) is 16.1. The summed E-state index contributed by atoms with van der Waals surface area (Å²) in [5, 5.41) is 11.7.